The molecule has 3 fully saturated rings. The Kier molecular flexibility index (Phi) is 9.97. The fraction of sp³-hybridized carbons (Fsp3) is 0.950. The Morgan fingerprint density at radius 2 is 1.25 bits per heavy atom. The molecule has 36 heavy (non-hydrogen) atoms. The highest BCUT2D eigenvalue weighted by Crippen LogP contribution is 2.32. The predicted octanol–water partition coefficient (Wildman–Crippen LogP) is -6.40. The number of nitrogens with one attached hydrogen (secondary N) is 1. The predicted molar refractivity (Wildman–Crippen MR) is 111 cm³/mol. The fourth-order valence-electron chi connectivity index (χ4n) is 4.38. The van der Waals surface area contributed by atoms with Crippen LogP contribution in [-0.4, -0.2) is 157 Å². The molecule has 16 heteroatoms. The number of hydrogen-bond donors (Lipinski definition) is 10. The van der Waals surface area contributed by atoms with Crippen molar-refractivity contribution in [2.45, 2.75) is 106 Å². The number of rotatable bonds is 7. The summed E-state index contributed by atoms with van der Waals surface area (Å²) in [6.45, 7) is 1.05. The Balaban J connectivity index is 1.86. The highest BCUT2D eigenvalue weighted by atomic mass is 16.8. The smallest absolute Gasteiger partial charge is 0.217 e. The number of amides is 1. The van der Waals surface area contributed by atoms with E-state index in [0.29, 0.717) is 0 Å². The normalized spacial score (nSPS) is 50.0. The van der Waals surface area contributed by atoms with E-state index >= 15 is 0 Å². The maximum absolute atomic E-state index is 11.7. The van der Waals surface area contributed by atoms with Gasteiger partial charge in [0.15, 0.2) is 18.9 Å². The standard InChI is InChI=1S/C20H35NO15/c1-5-10(25)16(35-20-15(30)14(29)12(27)8(4-23)34-20)17(18(31)32-5)36-19-9(21-6(2)24)13(28)11(26)7(3-22)33-19/h5,7-20,22-23,25-31H,3-4H2,1-2H3,(H,21,24)/t5?,7?,8?,9?,10-,11+,12+,13?,14?,15?,16?,17?,18+,19-,20+/m0/s1. The lowest BCUT2D eigenvalue weighted by Crippen LogP contribution is -2.68. The third kappa shape index (κ3) is 5.97. The number of aliphatic hydroxyl groups excluding tert-OH is 9. The molecule has 3 aliphatic rings. The lowest BCUT2D eigenvalue weighted by Gasteiger charge is -2.48. The summed E-state index contributed by atoms with van der Waals surface area (Å²) in [6, 6.07) is -1.39. The van der Waals surface area contributed by atoms with E-state index in [4.69, 9.17) is 23.7 Å². The van der Waals surface area contributed by atoms with E-state index in [9.17, 15) is 50.8 Å². The van der Waals surface area contributed by atoms with E-state index in [1.54, 1.807) is 0 Å². The first kappa shape index (κ1) is 29.5. The molecule has 10 N–H and O–H groups in total. The van der Waals surface area contributed by atoms with Crippen LogP contribution < -0.4 is 5.32 Å². The zero-order valence-electron chi connectivity index (χ0n) is 19.5. The summed E-state index contributed by atoms with van der Waals surface area (Å²) < 4.78 is 27.4. The minimum Gasteiger partial charge on any atom is -0.394 e. The van der Waals surface area contributed by atoms with Gasteiger partial charge in [0.1, 0.15) is 67.1 Å². The second-order valence-corrected chi connectivity index (χ2v) is 9.05. The molecule has 9 unspecified atom stereocenters. The minimum absolute atomic E-state index is 0.630. The molecule has 0 aromatic heterocycles. The van der Waals surface area contributed by atoms with E-state index < -0.39 is 111 Å². The first-order valence-electron chi connectivity index (χ1n) is 11.4. The molecular formula is C20H35NO15. The van der Waals surface area contributed by atoms with Gasteiger partial charge in [-0.05, 0) is 6.92 Å². The molecule has 0 radical (unpaired) electrons. The molecule has 3 rings (SSSR count). The van der Waals surface area contributed by atoms with Crippen molar-refractivity contribution in [1.82, 2.24) is 5.32 Å². The number of ether oxygens (including phenoxy) is 5. The Hall–Kier alpha value is -1.09. The molecule has 0 bridgehead atoms. The van der Waals surface area contributed by atoms with E-state index in [1.165, 1.54) is 6.92 Å². The monoisotopic (exact) mass is 529 g/mol. The lowest BCUT2D eigenvalue weighted by molar-refractivity contribution is -0.378. The number of hydrogen-bond acceptors (Lipinski definition) is 15. The molecule has 1 amide bonds. The van der Waals surface area contributed by atoms with E-state index in [1.807, 2.05) is 0 Å². The van der Waals surface area contributed by atoms with Crippen LogP contribution in [0.3, 0.4) is 0 Å². The molecule has 0 aromatic rings. The maximum Gasteiger partial charge on any atom is 0.217 e. The van der Waals surface area contributed by atoms with Gasteiger partial charge in [-0.3, -0.25) is 4.79 Å². The van der Waals surface area contributed by atoms with Crippen LogP contribution in [0, 0.1) is 0 Å². The second kappa shape index (κ2) is 12.2. The molecule has 3 aliphatic heterocycles. The van der Waals surface area contributed by atoms with Crippen LogP contribution in [0.4, 0.5) is 0 Å². The quantitative estimate of drug-likeness (QED) is 0.147. The van der Waals surface area contributed by atoms with E-state index in [2.05, 4.69) is 5.32 Å². The van der Waals surface area contributed by atoms with Crippen molar-refractivity contribution in [3.8, 4) is 0 Å². The molecule has 16 nitrogen and oxygen atoms in total. The maximum atomic E-state index is 11.7. The highest BCUT2D eigenvalue weighted by Gasteiger charge is 2.53. The summed E-state index contributed by atoms with van der Waals surface area (Å²) in [5, 5.41) is 93.6. The summed E-state index contributed by atoms with van der Waals surface area (Å²) in [7, 11) is 0. The van der Waals surface area contributed by atoms with Crippen molar-refractivity contribution in [2.75, 3.05) is 13.2 Å². The van der Waals surface area contributed by atoms with Crippen LogP contribution in [-0.2, 0) is 28.5 Å². The molecule has 15 atom stereocenters. The summed E-state index contributed by atoms with van der Waals surface area (Å²) in [5.41, 5.74) is 0. The Labute approximate surface area is 205 Å². The Morgan fingerprint density at radius 3 is 1.81 bits per heavy atom. The average molecular weight is 529 g/mol. The van der Waals surface area contributed by atoms with Crippen molar-refractivity contribution in [3.05, 3.63) is 0 Å². The van der Waals surface area contributed by atoms with Crippen LogP contribution in [0.5, 0.6) is 0 Å². The Morgan fingerprint density at radius 1 is 0.722 bits per heavy atom. The number of carbonyl (C=O) groups excluding carboxylic acids is 1. The van der Waals surface area contributed by atoms with Crippen LogP contribution in [0.15, 0.2) is 0 Å². The summed E-state index contributed by atoms with van der Waals surface area (Å²) >= 11 is 0. The van der Waals surface area contributed by atoms with Crippen LogP contribution in [0.2, 0.25) is 0 Å². The SMILES string of the molecule is CC(=O)NC1C(O)[C@H](O)C(CO)O[C@H]1OC1C(O[C@H]2OC(CO)[C@@H](O)C(O)C2O)[C@@H](O)C(C)O[C@H]1O. The first-order valence-corrected chi connectivity index (χ1v) is 11.4. The van der Waals surface area contributed by atoms with Crippen LogP contribution in [0.1, 0.15) is 13.8 Å². The van der Waals surface area contributed by atoms with Crippen molar-refractivity contribution in [1.29, 1.82) is 0 Å². The van der Waals surface area contributed by atoms with Gasteiger partial charge in [-0.25, -0.2) is 0 Å². The minimum atomic E-state index is -1.83. The Bertz CT molecular complexity index is 729. The third-order valence-electron chi connectivity index (χ3n) is 6.46. The van der Waals surface area contributed by atoms with Gasteiger partial charge in [0.25, 0.3) is 0 Å². The molecule has 3 saturated heterocycles. The van der Waals surface area contributed by atoms with E-state index in [-0.39, 0.29) is 0 Å². The van der Waals surface area contributed by atoms with Crippen molar-refractivity contribution in [3.63, 3.8) is 0 Å². The molecule has 0 saturated carbocycles. The molecule has 210 valence electrons. The third-order valence-corrected chi connectivity index (χ3v) is 6.46. The van der Waals surface area contributed by atoms with Crippen LogP contribution >= 0.6 is 0 Å². The second-order valence-electron chi connectivity index (χ2n) is 9.05. The zero-order valence-corrected chi connectivity index (χ0v) is 19.5. The van der Waals surface area contributed by atoms with Gasteiger partial charge < -0.3 is 75.0 Å². The topological polar surface area (TPSA) is 257 Å². The summed E-state index contributed by atoms with van der Waals surface area (Å²) in [6.07, 6.45) is -22.1. The lowest BCUT2D eigenvalue weighted by atomic mass is 9.95. The molecular weight excluding hydrogens is 494 g/mol. The van der Waals surface area contributed by atoms with Gasteiger partial charge in [0.2, 0.25) is 5.91 Å². The molecule has 0 aromatic carbocycles. The van der Waals surface area contributed by atoms with Crippen molar-refractivity contribution in [2.24, 2.45) is 0 Å². The van der Waals surface area contributed by atoms with Gasteiger partial charge >= 0.3 is 0 Å². The fourth-order valence-corrected chi connectivity index (χ4v) is 4.38. The summed E-state index contributed by atoms with van der Waals surface area (Å²) in [5.74, 6) is -0.630. The van der Waals surface area contributed by atoms with E-state index in [0.717, 1.165) is 6.92 Å². The van der Waals surface area contributed by atoms with Gasteiger partial charge in [-0.2, -0.15) is 0 Å². The van der Waals surface area contributed by atoms with Crippen LogP contribution in [0.25, 0.3) is 0 Å². The highest BCUT2D eigenvalue weighted by molar-refractivity contribution is 5.73. The first-order chi connectivity index (χ1) is 16.9. The number of carbonyl (C=O) groups is 1. The number of aliphatic hydroxyl groups is 9. The van der Waals surface area contributed by atoms with Gasteiger partial charge in [0.05, 0.1) is 19.3 Å². The molecule has 0 spiro atoms. The van der Waals surface area contributed by atoms with Crippen molar-refractivity contribution < 1.29 is 74.4 Å². The van der Waals surface area contributed by atoms with Crippen molar-refractivity contribution >= 4 is 5.91 Å². The molecule has 3 heterocycles. The zero-order chi connectivity index (χ0) is 26.9. The molecule has 0 aliphatic carbocycles. The summed E-state index contributed by atoms with van der Waals surface area (Å²) in [4.78, 5) is 11.7. The largest absolute Gasteiger partial charge is 0.394 e. The van der Waals surface area contributed by atoms with Gasteiger partial charge in [-0.15, -0.1) is 0 Å². The van der Waals surface area contributed by atoms with Gasteiger partial charge in [-0.1, -0.05) is 0 Å². The average Bonchev–Trinajstić information content (AvgIpc) is 2.83. The van der Waals surface area contributed by atoms with Gasteiger partial charge in [0, 0.05) is 6.92 Å².